The predicted octanol–water partition coefficient (Wildman–Crippen LogP) is 3.93. The van der Waals surface area contributed by atoms with Crippen molar-refractivity contribution in [1.29, 1.82) is 5.26 Å². The maximum absolute atomic E-state index is 12.0. The lowest BCUT2D eigenvalue weighted by Crippen LogP contribution is -2.31. The van der Waals surface area contributed by atoms with E-state index in [1.54, 1.807) is 24.3 Å². The van der Waals surface area contributed by atoms with Gasteiger partial charge in [0, 0.05) is 8.95 Å². The Morgan fingerprint density at radius 3 is 2.41 bits per heavy atom. The van der Waals surface area contributed by atoms with E-state index in [1.165, 1.54) is 0 Å². The Bertz CT molecular complexity index is 440. The van der Waals surface area contributed by atoms with Gasteiger partial charge in [0.25, 0.3) is 0 Å². The first kappa shape index (κ1) is 14.5. The fourth-order valence-corrected chi connectivity index (χ4v) is 1.79. The number of benzene rings is 1. The topological polar surface area (TPSA) is 35.8 Å². The van der Waals surface area contributed by atoms with Gasteiger partial charge in [-0.2, -0.15) is 18.4 Å². The van der Waals surface area contributed by atoms with Crippen LogP contribution < -0.4 is 5.32 Å². The van der Waals surface area contributed by atoms with E-state index in [9.17, 15) is 13.2 Å². The summed E-state index contributed by atoms with van der Waals surface area (Å²) in [6, 6.07) is 5.66. The fraction of sp³-hybridized carbons (Fsp3) is 0.300. The number of alkyl halides is 3. The van der Waals surface area contributed by atoms with Gasteiger partial charge in [-0.1, -0.05) is 6.07 Å². The largest absolute Gasteiger partial charge is 0.401 e. The molecular weight excluding hydrogens is 365 g/mol. The van der Waals surface area contributed by atoms with Crippen molar-refractivity contribution in [2.75, 3.05) is 6.54 Å². The van der Waals surface area contributed by atoms with Crippen LogP contribution in [0.3, 0.4) is 0 Å². The molecule has 0 aliphatic rings. The Morgan fingerprint density at radius 1 is 1.29 bits per heavy atom. The van der Waals surface area contributed by atoms with Crippen molar-refractivity contribution >= 4 is 31.9 Å². The smallest absolute Gasteiger partial charge is 0.290 e. The third kappa shape index (κ3) is 4.66. The van der Waals surface area contributed by atoms with E-state index in [-0.39, 0.29) is 0 Å². The zero-order valence-corrected chi connectivity index (χ0v) is 11.5. The number of halogens is 5. The molecule has 0 bridgehead atoms. The number of nitriles is 1. The summed E-state index contributed by atoms with van der Waals surface area (Å²) in [5.74, 6) is 0. The summed E-state index contributed by atoms with van der Waals surface area (Å²) in [5.41, 5.74) is 0.479. The molecule has 0 aromatic heterocycles. The molecular formula is C10H7Br2F3N2. The van der Waals surface area contributed by atoms with E-state index in [0.717, 1.165) is 4.47 Å². The third-order valence-electron chi connectivity index (χ3n) is 1.91. The highest BCUT2D eigenvalue weighted by Crippen LogP contribution is 2.26. The molecule has 7 heteroatoms. The molecule has 92 valence electrons. The monoisotopic (exact) mass is 370 g/mol. The summed E-state index contributed by atoms with van der Waals surface area (Å²) < 4.78 is 37.5. The zero-order valence-electron chi connectivity index (χ0n) is 8.35. The van der Waals surface area contributed by atoms with Crippen molar-refractivity contribution in [2.45, 2.75) is 12.2 Å². The number of hydrogen-bond acceptors (Lipinski definition) is 2. The van der Waals surface area contributed by atoms with Gasteiger partial charge in [0.15, 0.2) is 0 Å². The van der Waals surface area contributed by atoms with E-state index in [0.29, 0.717) is 10.0 Å². The van der Waals surface area contributed by atoms with Crippen molar-refractivity contribution in [2.24, 2.45) is 0 Å². The zero-order chi connectivity index (χ0) is 13.1. The van der Waals surface area contributed by atoms with Gasteiger partial charge in [-0.3, -0.25) is 5.32 Å². The molecule has 0 radical (unpaired) electrons. The normalized spacial score (nSPS) is 13.2. The number of nitrogens with one attached hydrogen (secondary N) is 1. The lowest BCUT2D eigenvalue weighted by atomic mass is 10.1. The van der Waals surface area contributed by atoms with Gasteiger partial charge >= 0.3 is 6.18 Å². The molecule has 0 aliphatic carbocycles. The highest BCUT2D eigenvalue weighted by molar-refractivity contribution is 9.13. The van der Waals surface area contributed by atoms with Crippen LogP contribution in [0.4, 0.5) is 13.2 Å². The molecule has 0 saturated carbocycles. The molecule has 1 unspecified atom stereocenters. The van der Waals surface area contributed by atoms with Crippen LogP contribution in [0.25, 0.3) is 0 Å². The van der Waals surface area contributed by atoms with E-state index >= 15 is 0 Å². The molecule has 0 saturated heterocycles. The van der Waals surface area contributed by atoms with Gasteiger partial charge in [-0.25, -0.2) is 0 Å². The average Bonchev–Trinajstić information content (AvgIpc) is 2.22. The Balaban J connectivity index is 2.81. The summed E-state index contributed by atoms with van der Waals surface area (Å²) in [6.45, 7) is -1.20. The molecule has 1 N–H and O–H groups in total. The van der Waals surface area contributed by atoms with Crippen LogP contribution >= 0.6 is 31.9 Å². The molecule has 0 amide bonds. The standard InChI is InChI=1S/C10H7Br2F3N2/c11-7-2-1-6(3-8(7)12)9(4-16)17-5-10(13,14)15/h1-3,9,17H,5H2. The van der Waals surface area contributed by atoms with Crippen molar-refractivity contribution in [3.8, 4) is 6.07 Å². The molecule has 0 heterocycles. The van der Waals surface area contributed by atoms with Crippen LogP contribution in [0.2, 0.25) is 0 Å². The van der Waals surface area contributed by atoms with Crippen LogP contribution in [0.15, 0.2) is 27.1 Å². The van der Waals surface area contributed by atoms with E-state index in [2.05, 4.69) is 37.2 Å². The van der Waals surface area contributed by atoms with Crippen LogP contribution in [-0.2, 0) is 0 Å². The molecule has 1 rings (SSSR count). The lowest BCUT2D eigenvalue weighted by molar-refractivity contribution is -0.125. The minimum Gasteiger partial charge on any atom is -0.290 e. The van der Waals surface area contributed by atoms with Crippen LogP contribution in [0, 0.1) is 11.3 Å². The molecule has 0 spiro atoms. The maximum Gasteiger partial charge on any atom is 0.401 e. The Kier molecular flexibility index (Phi) is 4.98. The average molecular weight is 372 g/mol. The lowest BCUT2D eigenvalue weighted by Gasteiger charge is -2.14. The second-order valence-electron chi connectivity index (χ2n) is 3.23. The number of rotatable bonds is 3. The van der Waals surface area contributed by atoms with Crippen molar-refractivity contribution < 1.29 is 13.2 Å². The molecule has 2 nitrogen and oxygen atoms in total. The van der Waals surface area contributed by atoms with Crippen molar-refractivity contribution in [3.05, 3.63) is 32.7 Å². The number of hydrogen-bond donors (Lipinski definition) is 1. The summed E-state index contributed by atoms with van der Waals surface area (Å²) in [5, 5.41) is 11.0. The van der Waals surface area contributed by atoms with Crippen molar-refractivity contribution in [3.63, 3.8) is 0 Å². The SMILES string of the molecule is N#CC(NCC(F)(F)F)c1ccc(Br)c(Br)c1. The Labute approximate surface area is 113 Å². The van der Waals surface area contributed by atoms with Crippen LogP contribution in [-0.4, -0.2) is 12.7 Å². The molecule has 1 aromatic carbocycles. The summed E-state index contributed by atoms with van der Waals surface area (Å²) >= 11 is 6.47. The number of nitrogens with zero attached hydrogens (tertiary/aromatic N) is 1. The van der Waals surface area contributed by atoms with Crippen molar-refractivity contribution in [1.82, 2.24) is 5.32 Å². The Morgan fingerprint density at radius 2 is 1.94 bits per heavy atom. The van der Waals surface area contributed by atoms with E-state index < -0.39 is 18.8 Å². The van der Waals surface area contributed by atoms with Crippen LogP contribution in [0.1, 0.15) is 11.6 Å². The summed E-state index contributed by atoms with van der Waals surface area (Å²) in [4.78, 5) is 0. The molecule has 1 aromatic rings. The second-order valence-corrected chi connectivity index (χ2v) is 4.94. The highest BCUT2D eigenvalue weighted by atomic mass is 79.9. The maximum atomic E-state index is 12.0. The second kappa shape index (κ2) is 5.85. The van der Waals surface area contributed by atoms with Gasteiger partial charge < -0.3 is 0 Å². The van der Waals surface area contributed by atoms with Gasteiger partial charge in [0.05, 0.1) is 12.6 Å². The van der Waals surface area contributed by atoms with Gasteiger partial charge in [0.2, 0.25) is 0 Å². The first-order chi connectivity index (χ1) is 7.83. The van der Waals surface area contributed by atoms with Gasteiger partial charge in [-0.15, -0.1) is 0 Å². The first-order valence-corrected chi connectivity index (χ1v) is 6.07. The molecule has 17 heavy (non-hydrogen) atoms. The van der Waals surface area contributed by atoms with E-state index in [4.69, 9.17) is 5.26 Å². The summed E-state index contributed by atoms with van der Waals surface area (Å²) in [6.07, 6.45) is -4.33. The van der Waals surface area contributed by atoms with Gasteiger partial charge in [0.1, 0.15) is 6.04 Å². The predicted molar refractivity (Wildman–Crippen MR) is 64.3 cm³/mol. The fourth-order valence-electron chi connectivity index (χ4n) is 1.15. The quantitative estimate of drug-likeness (QED) is 0.873. The first-order valence-electron chi connectivity index (χ1n) is 4.48. The highest BCUT2D eigenvalue weighted by Gasteiger charge is 2.28. The molecule has 0 aliphatic heterocycles. The molecule has 0 fully saturated rings. The third-order valence-corrected chi connectivity index (χ3v) is 3.79. The van der Waals surface area contributed by atoms with Gasteiger partial charge in [-0.05, 0) is 49.6 Å². The summed E-state index contributed by atoms with van der Waals surface area (Å²) in [7, 11) is 0. The molecule has 1 atom stereocenters. The van der Waals surface area contributed by atoms with E-state index in [1.807, 2.05) is 0 Å². The van der Waals surface area contributed by atoms with Crippen LogP contribution in [0.5, 0.6) is 0 Å². The minimum absolute atomic E-state index is 0.479. The minimum atomic E-state index is -4.33. The Hall–Kier alpha value is -0.580.